The average molecular weight is 265 g/mol. The Hall–Kier alpha value is -1.58. The van der Waals surface area contributed by atoms with E-state index in [1.165, 1.54) is 12.1 Å². The van der Waals surface area contributed by atoms with Crippen molar-refractivity contribution in [2.24, 2.45) is 11.8 Å². The largest absolute Gasteiger partial charge is 0.459 e. The van der Waals surface area contributed by atoms with Crippen LogP contribution in [0.5, 0.6) is 0 Å². The molecule has 0 aliphatic heterocycles. The van der Waals surface area contributed by atoms with Crippen LogP contribution in [-0.4, -0.2) is 12.1 Å². The minimum Gasteiger partial charge on any atom is -0.459 e. The topological polar surface area (TPSA) is 52.3 Å². The number of nitrogen functional groups attached to an aromatic ring is 1. The van der Waals surface area contributed by atoms with E-state index in [1.807, 2.05) is 0 Å². The minimum absolute atomic E-state index is 0.0412. The van der Waals surface area contributed by atoms with Gasteiger partial charge in [0, 0.05) is 5.69 Å². The molecule has 3 unspecified atom stereocenters. The first-order chi connectivity index (χ1) is 8.97. The van der Waals surface area contributed by atoms with E-state index in [0.717, 1.165) is 25.3 Å². The zero-order chi connectivity index (χ0) is 14.0. The van der Waals surface area contributed by atoms with Crippen molar-refractivity contribution in [2.45, 2.75) is 39.2 Å². The Morgan fingerprint density at radius 2 is 2.05 bits per heavy atom. The van der Waals surface area contributed by atoms with E-state index in [0.29, 0.717) is 17.5 Å². The van der Waals surface area contributed by atoms with E-state index >= 15 is 0 Å². The highest BCUT2D eigenvalue weighted by Crippen LogP contribution is 2.31. The van der Waals surface area contributed by atoms with Crippen LogP contribution in [0, 0.1) is 17.7 Å². The molecule has 0 bridgehead atoms. The molecule has 1 aliphatic carbocycles. The van der Waals surface area contributed by atoms with Crippen LogP contribution in [0.25, 0.3) is 0 Å². The van der Waals surface area contributed by atoms with Crippen LogP contribution in [0.2, 0.25) is 0 Å². The molecular weight excluding hydrogens is 245 g/mol. The van der Waals surface area contributed by atoms with Crippen LogP contribution < -0.4 is 5.73 Å². The Labute approximate surface area is 112 Å². The number of hydrogen-bond donors (Lipinski definition) is 1. The Morgan fingerprint density at radius 3 is 2.68 bits per heavy atom. The summed E-state index contributed by atoms with van der Waals surface area (Å²) < 4.78 is 19.0. The Morgan fingerprint density at radius 1 is 1.32 bits per heavy atom. The molecule has 0 radical (unpaired) electrons. The SMILES string of the molecule is CC1CCC(OC(=O)c2ccc(N)cc2F)CC1C. The molecule has 0 aromatic heterocycles. The normalized spacial score (nSPS) is 27.0. The lowest BCUT2D eigenvalue weighted by molar-refractivity contribution is 0.00835. The van der Waals surface area contributed by atoms with Gasteiger partial charge < -0.3 is 10.5 Å². The lowest BCUT2D eigenvalue weighted by Crippen LogP contribution is -2.29. The maximum atomic E-state index is 13.6. The number of benzene rings is 1. The van der Waals surface area contributed by atoms with Gasteiger partial charge in [0.2, 0.25) is 0 Å². The van der Waals surface area contributed by atoms with Gasteiger partial charge in [0.25, 0.3) is 0 Å². The van der Waals surface area contributed by atoms with Gasteiger partial charge in [-0.3, -0.25) is 0 Å². The number of hydrogen-bond acceptors (Lipinski definition) is 3. The highest BCUT2D eigenvalue weighted by atomic mass is 19.1. The van der Waals surface area contributed by atoms with Crippen LogP contribution in [0.15, 0.2) is 18.2 Å². The summed E-state index contributed by atoms with van der Waals surface area (Å²) in [5.74, 6) is -0.0301. The average Bonchev–Trinajstić information content (AvgIpc) is 2.33. The molecule has 4 heteroatoms. The molecule has 1 aromatic rings. The van der Waals surface area contributed by atoms with E-state index in [-0.39, 0.29) is 11.7 Å². The smallest absolute Gasteiger partial charge is 0.341 e. The molecule has 1 fully saturated rings. The van der Waals surface area contributed by atoms with Gasteiger partial charge in [0.1, 0.15) is 11.9 Å². The summed E-state index contributed by atoms with van der Waals surface area (Å²) in [4.78, 5) is 11.9. The van der Waals surface area contributed by atoms with Crippen molar-refractivity contribution in [2.75, 3.05) is 5.73 Å². The number of carbonyl (C=O) groups excluding carboxylic acids is 1. The summed E-state index contributed by atoms with van der Waals surface area (Å²) in [6.45, 7) is 4.37. The Kier molecular flexibility index (Phi) is 4.08. The van der Waals surface area contributed by atoms with Crippen LogP contribution in [0.3, 0.4) is 0 Å². The summed E-state index contributed by atoms with van der Waals surface area (Å²) in [6, 6.07) is 4.02. The van der Waals surface area contributed by atoms with Crippen molar-refractivity contribution in [3.63, 3.8) is 0 Å². The maximum absolute atomic E-state index is 13.6. The van der Waals surface area contributed by atoms with Gasteiger partial charge >= 0.3 is 5.97 Å². The van der Waals surface area contributed by atoms with Crippen molar-refractivity contribution in [1.29, 1.82) is 0 Å². The van der Waals surface area contributed by atoms with Crippen LogP contribution in [0.1, 0.15) is 43.5 Å². The number of carbonyl (C=O) groups is 1. The van der Waals surface area contributed by atoms with Gasteiger partial charge in [-0.2, -0.15) is 0 Å². The van der Waals surface area contributed by atoms with E-state index in [4.69, 9.17) is 10.5 Å². The molecule has 0 heterocycles. The molecule has 3 nitrogen and oxygen atoms in total. The first-order valence-electron chi connectivity index (χ1n) is 6.73. The van der Waals surface area contributed by atoms with E-state index in [1.54, 1.807) is 0 Å². The monoisotopic (exact) mass is 265 g/mol. The minimum atomic E-state index is -0.623. The van der Waals surface area contributed by atoms with E-state index in [2.05, 4.69) is 13.8 Å². The number of halogens is 1. The summed E-state index contributed by atoms with van der Waals surface area (Å²) in [6.07, 6.45) is 2.65. The van der Waals surface area contributed by atoms with E-state index in [9.17, 15) is 9.18 Å². The second-order valence-electron chi connectivity index (χ2n) is 5.53. The summed E-state index contributed by atoms with van der Waals surface area (Å²) in [5, 5.41) is 0. The molecule has 0 spiro atoms. The third-order valence-electron chi connectivity index (χ3n) is 4.04. The molecule has 0 amide bonds. The molecule has 0 saturated heterocycles. The van der Waals surface area contributed by atoms with E-state index < -0.39 is 11.8 Å². The van der Waals surface area contributed by atoms with Crippen molar-refractivity contribution in [3.8, 4) is 0 Å². The predicted octanol–water partition coefficient (Wildman–Crippen LogP) is 3.39. The summed E-state index contributed by atoms with van der Waals surface area (Å²) in [5.41, 5.74) is 5.71. The molecule has 3 atom stereocenters. The molecule has 104 valence electrons. The molecular formula is C15H20FNO2. The zero-order valence-electron chi connectivity index (χ0n) is 11.4. The second kappa shape index (κ2) is 5.59. The second-order valence-corrected chi connectivity index (χ2v) is 5.53. The molecule has 1 aliphatic rings. The van der Waals surface area contributed by atoms with Crippen molar-refractivity contribution >= 4 is 11.7 Å². The molecule has 19 heavy (non-hydrogen) atoms. The third-order valence-corrected chi connectivity index (χ3v) is 4.04. The van der Waals surface area contributed by atoms with Gasteiger partial charge in [-0.1, -0.05) is 13.8 Å². The van der Waals surface area contributed by atoms with Crippen LogP contribution >= 0.6 is 0 Å². The van der Waals surface area contributed by atoms with Crippen molar-refractivity contribution in [3.05, 3.63) is 29.6 Å². The number of nitrogens with two attached hydrogens (primary N) is 1. The summed E-state index contributed by atoms with van der Waals surface area (Å²) >= 11 is 0. The number of ether oxygens (including phenoxy) is 1. The summed E-state index contributed by atoms with van der Waals surface area (Å²) in [7, 11) is 0. The highest BCUT2D eigenvalue weighted by Gasteiger charge is 2.27. The maximum Gasteiger partial charge on any atom is 0.341 e. The van der Waals surface area contributed by atoms with Gasteiger partial charge in [0.15, 0.2) is 0 Å². The van der Waals surface area contributed by atoms with Crippen molar-refractivity contribution < 1.29 is 13.9 Å². The van der Waals surface area contributed by atoms with Gasteiger partial charge in [-0.15, -0.1) is 0 Å². The third kappa shape index (κ3) is 3.25. The van der Waals surface area contributed by atoms with Gasteiger partial charge in [-0.05, 0) is 49.3 Å². The predicted molar refractivity (Wildman–Crippen MR) is 72.2 cm³/mol. The molecule has 2 rings (SSSR count). The lowest BCUT2D eigenvalue weighted by Gasteiger charge is -2.31. The molecule has 1 aromatic carbocycles. The quantitative estimate of drug-likeness (QED) is 0.658. The number of esters is 1. The van der Waals surface area contributed by atoms with Crippen LogP contribution in [-0.2, 0) is 4.74 Å². The van der Waals surface area contributed by atoms with Gasteiger partial charge in [0.05, 0.1) is 5.56 Å². The highest BCUT2D eigenvalue weighted by molar-refractivity contribution is 5.90. The van der Waals surface area contributed by atoms with Crippen molar-refractivity contribution in [1.82, 2.24) is 0 Å². The first-order valence-corrected chi connectivity index (χ1v) is 6.73. The standard InChI is InChI=1S/C15H20FNO2/c1-9-3-5-12(7-10(9)2)19-15(18)13-6-4-11(17)8-14(13)16/h4,6,8-10,12H,3,5,7,17H2,1-2H3. The fourth-order valence-corrected chi connectivity index (χ4v) is 2.52. The number of anilines is 1. The fraction of sp³-hybridized carbons (Fsp3) is 0.533. The number of rotatable bonds is 2. The Bertz CT molecular complexity index is 475. The first kappa shape index (κ1) is 13.8. The molecule has 2 N–H and O–H groups in total. The Balaban J connectivity index is 2.01. The zero-order valence-corrected chi connectivity index (χ0v) is 11.4. The van der Waals surface area contributed by atoms with Gasteiger partial charge in [-0.25, -0.2) is 9.18 Å². The molecule has 1 saturated carbocycles. The van der Waals surface area contributed by atoms with Crippen LogP contribution in [0.4, 0.5) is 10.1 Å². The lowest BCUT2D eigenvalue weighted by atomic mass is 9.80. The fourth-order valence-electron chi connectivity index (χ4n) is 2.52.